The first-order valence-electron chi connectivity index (χ1n) is 8.18. The highest BCUT2D eigenvalue weighted by Crippen LogP contribution is 2.45. The van der Waals surface area contributed by atoms with E-state index in [2.05, 4.69) is 5.32 Å². The summed E-state index contributed by atoms with van der Waals surface area (Å²) >= 11 is 1.24. The van der Waals surface area contributed by atoms with E-state index >= 15 is 0 Å². The maximum Gasteiger partial charge on any atom is 0.252 e. The zero-order chi connectivity index (χ0) is 18.9. The Hall–Kier alpha value is -2.80. The van der Waals surface area contributed by atoms with Crippen molar-refractivity contribution in [2.24, 2.45) is 5.73 Å². The molecule has 0 saturated carbocycles. The predicted octanol–water partition coefficient (Wildman–Crippen LogP) is 2.64. The van der Waals surface area contributed by atoms with Gasteiger partial charge in [-0.05, 0) is 50.2 Å². The second-order valence-electron chi connectivity index (χ2n) is 6.05. The zero-order valence-electron chi connectivity index (χ0n) is 14.5. The van der Waals surface area contributed by atoms with Crippen molar-refractivity contribution in [2.45, 2.75) is 23.5 Å². The van der Waals surface area contributed by atoms with Crippen molar-refractivity contribution in [1.29, 1.82) is 0 Å². The van der Waals surface area contributed by atoms with Crippen LogP contribution in [0.1, 0.15) is 24.2 Å². The summed E-state index contributed by atoms with van der Waals surface area (Å²) in [5.41, 5.74) is 6.88. The molecule has 0 aliphatic carbocycles. The number of carbonyl (C=O) groups is 3. The van der Waals surface area contributed by atoms with Crippen molar-refractivity contribution in [3.63, 3.8) is 0 Å². The van der Waals surface area contributed by atoms with Crippen LogP contribution in [0.3, 0.4) is 0 Å². The number of nitrogens with two attached hydrogens (primary N) is 1. The van der Waals surface area contributed by atoms with E-state index in [1.165, 1.54) is 23.9 Å². The largest absolute Gasteiger partial charge is 0.366 e. The normalized spacial score (nSPS) is 19.0. The number of carbonyl (C=O) groups excluding carboxylic acids is 3. The molecule has 134 valence electrons. The molecule has 3 amide bonds. The summed E-state index contributed by atoms with van der Waals surface area (Å²) in [7, 11) is 0. The Morgan fingerprint density at radius 2 is 1.81 bits per heavy atom. The number of hydrogen-bond donors (Lipinski definition) is 2. The number of thioether (sulfide) groups is 1. The highest BCUT2D eigenvalue weighted by molar-refractivity contribution is 8.02. The van der Waals surface area contributed by atoms with Gasteiger partial charge in [0.2, 0.25) is 11.8 Å². The molecule has 1 atom stereocenters. The van der Waals surface area contributed by atoms with E-state index in [9.17, 15) is 14.4 Å². The first kappa shape index (κ1) is 18.0. The Balaban J connectivity index is 1.88. The average Bonchev–Trinajstić information content (AvgIpc) is 2.63. The van der Waals surface area contributed by atoms with Gasteiger partial charge >= 0.3 is 0 Å². The van der Waals surface area contributed by atoms with Crippen LogP contribution >= 0.6 is 11.8 Å². The number of nitrogens with one attached hydrogen (secondary N) is 1. The third kappa shape index (κ3) is 3.06. The third-order valence-corrected chi connectivity index (χ3v) is 5.63. The van der Waals surface area contributed by atoms with E-state index in [-0.39, 0.29) is 5.91 Å². The van der Waals surface area contributed by atoms with Crippen LogP contribution in [0.4, 0.5) is 11.4 Å². The van der Waals surface area contributed by atoms with Gasteiger partial charge in [-0.25, -0.2) is 0 Å². The topological polar surface area (TPSA) is 92.5 Å². The van der Waals surface area contributed by atoms with Crippen LogP contribution in [-0.2, 0) is 9.59 Å². The molecule has 0 fully saturated rings. The molecule has 1 aliphatic rings. The Morgan fingerprint density at radius 3 is 2.42 bits per heavy atom. The molecule has 3 rings (SSSR count). The minimum absolute atomic E-state index is 0.255. The lowest BCUT2D eigenvalue weighted by Gasteiger charge is -2.38. The number of anilines is 2. The highest BCUT2D eigenvalue weighted by Gasteiger charge is 2.48. The molecule has 0 bridgehead atoms. The van der Waals surface area contributed by atoms with Crippen LogP contribution in [0.15, 0.2) is 53.4 Å². The van der Waals surface area contributed by atoms with Crippen molar-refractivity contribution < 1.29 is 14.4 Å². The second kappa shape index (κ2) is 6.84. The molecule has 2 aromatic rings. The van der Waals surface area contributed by atoms with Gasteiger partial charge in [0.15, 0.2) is 4.75 Å². The Bertz CT molecular complexity index is 882. The lowest BCUT2D eigenvalue weighted by atomic mass is 10.1. The number of para-hydroxylation sites is 1. The van der Waals surface area contributed by atoms with Gasteiger partial charge < -0.3 is 16.0 Å². The van der Waals surface area contributed by atoms with Gasteiger partial charge in [-0.1, -0.05) is 23.9 Å². The minimum Gasteiger partial charge on any atom is -0.366 e. The number of benzene rings is 2. The molecule has 1 heterocycles. The average molecular weight is 369 g/mol. The van der Waals surface area contributed by atoms with Gasteiger partial charge in [-0.3, -0.25) is 14.4 Å². The monoisotopic (exact) mass is 369 g/mol. The number of fused-ring (bicyclic) bond motifs is 1. The van der Waals surface area contributed by atoms with Gasteiger partial charge in [-0.15, -0.1) is 0 Å². The molecule has 6 nitrogen and oxygen atoms in total. The van der Waals surface area contributed by atoms with Crippen LogP contribution in [0.25, 0.3) is 0 Å². The Kier molecular flexibility index (Phi) is 4.73. The summed E-state index contributed by atoms with van der Waals surface area (Å²) in [6.45, 7) is 3.99. The standard InChI is InChI=1S/C19H19N3O3S/c1-3-22-14-6-4-5-7-15(14)26-19(2,18(22)25)17(24)21-13-10-8-12(9-11-13)16(20)23/h4-11H,3H2,1-2H3,(H2,20,23)(H,21,24). The van der Waals surface area contributed by atoms with Gasteiger partial charge in [-0.2, -0.15) is 0 Å². The summed E-state index contributed by atoms with van der Waals surface area (Å²) in [4.78, 5) is 39.6. The van der Waals surface area contributed by atoms with Gasteiger partial charge in [0.1, 0.15) is 0 Å². The van der Waals surface area contributed by atoms with E-state index < -0.39 is 16.6 Å². The molecule has 0 radical (unpaired) electrons. The molecule has 1 unspecified atom stereocenters. The second-order valence-corrected chi connectivity index (χ2v) is 7.51. The first-order valence-corrected chi connectivity index (χ1v) is 9.00. The summed E-state index contributed by atoms with van der Waals surface area (Å²) in [5.74, 6) is -1.20. The Morgan fingerprint density at radius 1 is 1.15 bits per heavy atom. The highest BCUT2D eigenvalue weighted by atomic mass is 32.2. The summed E-state index contributed by atoms with van der Waals surface area (Å²) in [6, 6.07) is 13.8. The summed E-state index contributed by atoms with van der Waals surface area (Å²) < 4.78 is -1.28. The van der Waals surface area contributed by atoms with Crippen molar-refractivity contribution in [2.75, 3.05) is 16.8 Å². The zero-order valence-corrected chi connectivity index (χ0v) is 15.3. The van der Waals surface area contributed by atoms with Crippen LogP contribution in [0.5, 0.6) is 0 Å². The number of amides is 3. The quantitative estimate of drug-likeness (QED) is 0.811. The van der Waals surface area contributed by atoms with Crippen molar-refractivity contribution in [3.8, 4) is 0 Å². The molecule has 2 aromatic carbocycles. The van der Waals surface area contributed by atoms with E-state index in [1.54, 1.807) is 24.0 Å². The fourth-order valence-electron chi connectivity index (χ4n) is 2.82. The van der Waals surface area contributed by atoms with E-state index in [4.69, 9.17) is 5.73 Å². The molecule has 0 saturated heterocycles. The van der Waals surface area contributed by atoms with Crippen LogP contribution in [-0.4, -0.2) is 29.0 Å². The molecule has 26 heavy (non-hydrogen) atoms. The van der Waals surface area contributed by atoms with Crippen LogP contribution in [0.2, 0.25) is 0 Å². The minimum atomic E-state index is -1.28. The number of nitrogens with zero attached hydrogens (tertiary/aromatic N) is 1. The first-order chi connectivity index (χ1) is 12.4. The molecular weight excluding hydrogens is 350 g/mol. The fourth-order valence-corrected chi connectivity index (χ4v) is 4.03. The smallest absolute Gasteiger partial charge is 0.252 e. The van der Waals surface area contributed by atoms with E-state index in [0.29, 0.717) is 17.8 Å². The predicted molar refractivity (Wildman–Crippen MR) is 102 cm³/mol. The van der Waals surface area contributed by atoms with Crippen molar-refractivity contribution >= 4 is 40.9 Å². The lowest BCUT2D eigenvalue weighted by molar-refractivity contribution is -0.128. The van der Waals surface area contributed by atoms with Crippen molar-refractivity contribution in [1.82, 2.24) is 0 Å². The van der Waals surface area contributed by atoms with Crippen molar-refractivity contribution in [3.05, 3.63) is 54.1 Å². The molecular formula is C19H19N3O3S. The third-order valence-electron chi connectivity index (χ3n) is 4.30. The van der Waals surface area contributed by atoms with Crippen LogP contribution in [0, 0.1) is 0 Å². The molecule has 0 spiro atoms. The number of hydrogen-bond acceptors (Lipinski definition) is 4. The number of rotatable bonds is 4. The van der Waals surface area contributed by atoms with E-state index in [0.717, 1.165) is 10.6 Å². The fraction of sp³-hybridized carbons (Fsp3) is 0.211. The maximum atomic E-state index is 13.0. The van der Waals surface area contributed by atoms with E-state index in [1.807, 2.05) is 31.2 Å². The molecule has 1 aliphatic heterocycles. The van der Waals surface area contributed by atoms with Gasteiger partial charge in [0.05, 0.1) is 5.69 Å². The van der Waals surface area contributed by atoms with Gasteiger partial charge in [0.25, 0.3) is 5.91 Å². The lowest BCUT2D eigenvalue weighted by Crippen LogP contribution is -2.54. The summed E-state index contributed by atoms with van der Waals surface area (Å²) in [5, 5.41) is 2.76. The molecule has 7 heteroatoms. The molecule has 3 N–H and O–H groups in total. The maximum absolute atomic E-state index is 13.0. The molecule has 0 aromatic heterocycles. The van der Waals surface area contributed by atoms with Gasteiger partial charge in [0, 0.05) is 22.7 Å². The Labute approximate surface area is 155 Å². The SMILES string of the molecule is CCN1C(=O)C(C)(C(=O)Nc2ccc(C(N)=O)cc2)Sc2ccccc21. The number of primary amides is 1. The van der Waals surface area contributed by atoms with Crippen LogP contribution < -0.4 is 16.0 Å². The summed E-state index contributed by atoms with van der Waals surface area (Å²) in [6.07, 6.45) is 0.